The number of nitrogens with zero attached hydrogens (tertiary/aromatic N) is 3. The molecule has 0 atom stereocenters. The summed E-state index contributed by atoms with van der Waals surface area (Å²) in [5.74, 6) is 0.717. The Balaban J connectivity index is 1.17. The molecule has 0 spiro atoms. The minimum atomic E-state index is 0.178. The van der Waals surface area contributed by atoms with Gasteiger partial charge in [-0.15, -0.1) is 11.3 Å². The van der Waals surface area contributed by atoms with E-state index in [4.69, 9.17) is 16.6 Å². The molecule has 2 aromatic carbocycles. The lowest BCUT2D eigenvalue weighted by atomic mass is 9.97. The molecule has 30 heavy (non-hydrogen) atoms. The van der Waals surface area contributed by atoms with Crippen molar-refractivity contribution in [3.63, 3.8) is 0 Å². The van der Waals surface area contributed by atoms with Crippen LogP contribution in [0.1, 0.15) is 52.5 Å². The molecule has 6 heteroatoms. The third kappa shape index (κ3) is 4.25. The van der Waals surface area contributed by atoms with Crippen molar-refractivity contribution in [2.75, 3.05) is 26.2 Å². The summed E-state index contributed by atoms with van der Waals surface area (Å²) in [5.41, 5.74) is 3.12. The molecule has 0 radical (unpaired) electrons. The van der Waals surface area contributed by atoms with Gasteiger partial charge in [0.25, 0.3) is 5.91 Å². The SMILES string of the molecule is O=C(c1ccc(CN2CCC(c3nc4cc(Cl)ccc4s3)CC2)cc1)N1CCCC1. The number of fused-ring (bicyclic) bond motifs is 1. The van der Waals surface area contributed by atoms with Crippen molar-refractivity contribution in [1.29, 1.82) is 0 Å². The molecular weight excluding hydrogens is 414 g/mol. The highest BCUT2D eigenvalue weighted by Crippen LogP contribution is 2.35. The van der Waals surface area contributed by atoms with Crippen molar-refractivity contribution in [2.24, 2.45) is 0 Å². The van der Waals surface area contributed by atoms with E-state index in [1.807, 2.05) is 40.5 Å². The number of carbonyl (C=O) groups excluding carboxylic acids is 1. The Morgan fingerprint density at radius 1 is 1.03 bits per heavy atom. The van der Waals surface area contributed by atoms with Crippen LogP contribution in [-0.2, 0) is 6.54 Å². The molecule has 2 saturated heterocycles. The Labute approximate surface area is 186 Å². The van der Waals surface area contributed by atoms with Gasteiger partial charge in [0.2, 0.25) is 0 Å². The number of piperidine rings is 1. The fourth-order valence-electron chi connectivity index (χ4n) is 4.54. The van der Waals surface area contributed by atoms with Gasteiger partial charge in [-0.2, -0.15) is 0 Å². The smallest absolute Gasteiger partial charge is 0.253 e. The first-order chi connectivity index (χ1) is 14.7. The van der Waals surface area contributed by atoms with Gasteiger partial charge in [0, 0.05) is 36.1 Å². The van der Waals surface area contributed by atoms with E-state index >= 15 is 0 Å². The standard InChI is InChI=1S/C24H26ClN3OS/c25-20-7-8-22-21(15-20)26-23(30-22)18-9-13-27(14-10-18)16-17-3-5-19(6-4-17)24(29)28-11-1-2-12-28/h3-8,15,18H,1-2,9-14,16H2. The number of hydrogen-bond donors (Lipinski definition) is 0. The maximum absolute atomic E-state index is 12.5. The number of halogens is 1. The third-order valence-electron chi connectivity index (χ3n) is 6.30. The van der Waals surface area contributed by atoms with Crippen LogP contribution < -0.4 is 0 Å². The van der Waals surface area contributed by atoms with Crippen LogP contribution in [0.15, 0.2) is 42.5 Å². The van der Waals surface area contributed by atoms with Gasteiger partial charge in [0.15, 0.2) is 0 Å². The minimum absolute atomic E-state index is 0.178. The molecule has 156 valence electrons. The molecule has 2 aliphatic rings. The molecule has 3 heterocycles. The second-order valence-corrected chi connectivity index (χ2v) is 9.91. The van der Waals surface area contributed by atoms with Crippen LogP contribution in [0, 0.1) is 0 Å². The van der Waals surface area contributed by atoms with E-state index in [1.165, 1.54) is 15.3 Å². The molecule has 4 nitrogen and oxygen atoms in total. The number of aromatic nitrogens is 1. The summed E-state index contributed by atoms with van der Waals surface area (Å²) in [4.78, 5) is 21.8. The Morgan fingerprint density at radius 2 is 1.77 bits per heavy atom. The number of likely N-dealkylation sites (tertiary alicyclic amines) is 2. The van der Waals surface area contributed by atoms with E-state index < -0.39 is 0 Å². The predicted molar refractivity (Wildman–Crippen MR) is 123 cm³/mol. The van der Waals surface area contributed by atoms with Crippen LogP contribution >= 0.6 is 22.9 Å². The number of carbonyl (C=O) groups is 1. The fraction of sp³-hybridized carbons (Fsp3) is 0.417. The molecule has 2 aliphatic heterocycles. The molecule has 5 rings (SSSR count). The zero-order chi connectivity index (χ0) is 20.5. The average molecular weight is 440 g/mol. The molecule has 1 amide bonds. The molecule has 0 N–H and O–H groups in total. The molecule has 0 unspecified atom stereocenters. The maximum Gasteiger partial charge on any atom is 0.253 e. The number of benzene rings is 2. The molecule has 0 aliphatic carbocycles. The number of hydrogen-bond acceptors (Lipinski definition) is 4. The predicted octanol–water partition coefficient (Wildman–Crippen LogP) is 5.57. The van der Waals surface area contributed by atoms with Crippen molar-refractivity contribution in [2.45, 2.75) is 38.1 Å². The van der Waals surface area contributed by atoms with E-state index in [9.17, 15) is 4.79 Å². The lowest BCUT2D eigenvalue weighted by Gasteiger charge is -2.31. The summed E-state index contributed by atoms with van der Waals surface area (Å²) in [6.45, 7) is 4.90. The van der Waals surface area contributed by atoms with Crippen molar-refractivity contribution < 1.29 is 4.79 Å². The van der Waals surface area contributed by atoms with E-state index in [1.54, 1.807) is 0 Å². The largest absolute Gasteiger partial charge is 0.339 e. The van der Waals surface area contributed by atoms with Gasteiger partial charge in [-0.05, 0) is 74.7 Å². The van der Waals surface area contributed by atoms with Gasteiger partial charge < -0.3 is 4.90 Å². The third-order valence-corrected chi connectivity index (χ3v) is 7.74. The van der Waals surface area contributed by atoms with E-state index in [-0.39, 0.29) is 5.91 Å². The second-order valence-electron chi connectivity index (χ2n) is 8.41. The summed E-state index contributed by atoms with van der Waals surface area (Å²) in [6, 6.07) is 14.2. The first kappa shape index (κ1) is 20.0. The zero-order valence-electron chi connectivity index (χ0n) is 17.0. The van der Waals surface area contributed by atoms with Crippen molar-refractivity contribution in [3.05, 3.63) is 63.6 Å². The quantitative estimate of drug-likeness (QED) is 0.533. The summed E-state index contributed by atoms with van der Waals surface area (Å²) in [7, 11) is 0. The van der Waals surface area contributed by atoms with Crippen LogP contribution in [0.25, 0.3) is 10.2 Å². The number of thiazole rings is 1. The van der Waals surface area contributed by atoms with Crippen LogP contribution in [0.2, 0.25) is 5.02 Å². The van der Waals surface area contributed by atoms with Gasteiger partial charge >= 0.3 is 0 Å². The highest BCUT2D eigenvalue weighted by molar-refractivity contribution is 7.18. The molecular formula is C24H26ClN3OS. The lowest BCUT2D eigenvalue weighted by molar-refractivity contribution is 0.0793. The van der Waals surface area contributed by atoms with E-state index in [0.717, 1.165) is 74.5 Å². The Kier molecular flexibility index (Phi) is 5.77. The van der Waals surface area contributed by atoms with E-state index in [0.29, 0.717) is 5.92 Å². The normalized spacial score (nSPS) is 18.4. The number of amides is 1. The van der Waals surface area contributed by atoms with Gasteiger partial charge in [-0.1, -0.05) is 23.7 Å². The van der Waals surface area contributed by atoms with Gasteiger partial charge in [-0.3, -0.25) is 9.69 Å². The Hall–Kier alpha value is -1.95. The summed E-state index contributed by atoms with van der Waals surface area (Å²) >= 11 is 7.91. The van der Waals surface area contributed by atoms with Gasteiger partial charge in [0.1, 0.15) is 0 Å². The topological polar surface area (TPSA) is 36.4 Å². The van der Waals surface area contributed by atoms with Crippen molar-refractivity contribution in [3.8, 4) is 0 Å². The molecule has 0 bridgehead atoms. The summed E-state index contributed by atoms with van der Waals surface area (Å²) < 4.78 is 1.22. The lowest BCUT2D eigenvalue weighted by Crippen LogP contribution is -2.32. The van der Waals surface area contributed by atoms with Crippen LogP contribution in [-0.4, -0.2) is 46.9 Å². The fourth-order valence-corrected chi connectivity index (χ4v) is 5.83. The van der Waals surface area contributed by atoms with Crippen LogP contribution in [0.4, 0.5) is 0 Å². The van der Waals surface area contributed by atoms with Gasteiger partial charge in [-0.25, -0.2) is 4.98 Å². The Bertz CT molecular complexity index is 1030. The maximum atomic E-state index is 12.5. The highest BCUT2D eigenvalue weighted by atomic mass is 35.5. The minimum Gasteiger partial charge on any atom is -0.339 e. The Morgan fingerprint density at radius 3 is 2.50 bits per heavy atom. The first-order valence-electron chi connectivity index (χ1n) is 10.8. The van der Waals surface area contributed by atoms with Crippen LogP contribution in [0.3, 0.4) is 0 Å². The van der Waals surface area contributed by atoms with Gasteiger partial charge in [0.05, 0.1) is 15.2 Å². The molecule has 3 aromatic rings. The average Bonchev–Trinajstić information content (AvgIpc) is 3.44. The summed E-state index contributed by atoms with van der Waals surface area (Å²) in [5, 5.41) is 2.00. The van der Waals surface area contributed by atoms with E-state index in [2.05, 4.69) is 23.1 Å². The van der Waals surface area contributed by atoms with Crippen molar-refractivity contribution >= 4 is 39.1 Å². The molecule has 1 aromatic heterocycles. The first-order valence-corrected chi connectivity index (χ1v) is 12.0. The monoisotopic (exact) mass is 439 g/mol. The number of rotatable bonds is 4. The summed E-state index contributed by atoms with van der Waals surface area (Å²) in [6.07, 6.45) is 4.53. The second kappa shape index (κ2) is 8.66. The van der Waals surface area contributed by atoms with Crippen molar-refractivity contribution in [1.82, 2.24) is 14.8 Å². The van der Waals surface area contributed by atoms with Crippen LogP contribution in [0.5, 0.6) is 0 Å². The zero-order valence-corrected chi connectivity index (χ0v) is 18.6. The molecule has 2 fully saturated rings. The molecule has 0 saturated carbocycles. The highest BCUT2D eigenvalue weighted by Gasteiger charge is 2.24.